The van der Waals surface area contributed by atoms with E-state index in [0.29, 0.717) is 6.04 Å². The number of likely N-dealkylation sites (tertiary alicyclic amines) is 1. The van der Waals surface area contributed by atoms with Gasteiger partial charge in [-0.15, -0.1) is 0 Å². The van der Waals surface area contributed by atoms with Crippen molar-refractivity contribution in [3.05, 3.63) is 36.0 Å². The van der Waals surface area contributed by atoms with Crippen LogP contribution >= 0.6 is 0 Å². The molecule has 2 fully saturated rings. The summed E-state index contributed by atoms with van der Waals surface area (Å²) < 4.78 is 2.49. The maximum absolute atomic E-state index is 4.91. The van der Waals surface area contributed by atoms with Crippen LogP contribution in [-0.4, -0.2) is 41.9 Å². The Morgan fingerprint density at radius 2 is 1.71 bits per heavy atom. The summed E-state index contributed by atoms with van der Waals surface area (Å²) in [5.74, 6) is 1.80. The third kappa shape index (κ3) is 3.98. The molecule has 4 rings (SSSR count). The monoisotopic (exact) mass is 381 g/mol. The van der Waals surface area contributed by atoms with Gasteiger partial charge in [0.05, 0.1) is 6.21 Å². The number of hydrogen-bond acceptors (Lipinski definition) is 3. The molecule has 0 N–H and O–H groups in total. The van der Waals surface area contributed by atoms with Crippen LogP contribution in [-0.2, 0) is 4.84 Å². The van der Waals surface area contributed by atoms with Gasteiger partial charge in [0.15, 0.2) is 0 Å². The van der Waals surface area contributed by atoms with Gasteiger partial charge < -0.3 is 14.3 Å². The number of benzene rings is 1. The molecule has 2 heterocycles. The van der Waals surface area contributed by atoms with Crippen LogP contribution in [0.4, 0.5) is 0 Å². The van der Waals surface area contributed by atoms with Crippen molar-refractivity contribution in [2.24, 2.45) is 17.0 Å². The molecule has 1 saturated heterocycles. The number of piperidine rings is 1. The van der Waals surface area contributed by atoms with Gasteiger partial charge in [-0.25, -0.2) is 0 Å². The SMILES string of the molecule is CON=Cc1cn(C2CCN([C@H]3CC[C@@H](C(C)C)CC3)CC2)c2ccccc12. The molecule has 28 heavy (non-hydrogen) atoms. The lowest BCUT2D eigenvalue weighted by Crippen LogP contribution is -2.43. The Labute approximate surface area is 169 Å². The van der Waals surface area contributed by atoms with Crippen molar-refractivity contribution in [3.8, 4) is 0 Å². The van der Waals surface area contributed by atoms with Gasteiger partial charge in [0.1, 0.15) is 7.11 Å². The summed E-state index contributed by atoms with van der Waals surface area (Å²) in [7, 11) is 1.60. The number of rotatable bonds is 5. The van der Waals surface area contributed by atoms with E-state index in [1.807, 2.05) is 6.21 Å². The summed E-state index contributed by atoms with van der Waals surface area (Å²) in [5.41, 5.74) is 2.46. The molecule has 4 nitrogen and oxygen atoms in total. The number of oxime groups is 1. The minimum absolute atomic E-state index is 0.581. The Kier molecular flexibility index (Phi) is 6.05. The minimum Gasteiger partial charge on any atom is -0.399 e. The van der Waals surface area contributed by atoms with Crippen LogP contribution in [0, 0.1) is 11.8 Å². The highest BCUT2D eigenvalue weighted by molar-refractivity contribution is 5.99. The van der Waals surface area contributed by atoms with E-state index in [1.54, 1.807) is 7.11 Å². The van der Waals surface area contributed by atoms with Crippen molar-refractivity contribution in [3.63, 3.8) is 0 Å². The molecule has 0 bridgehead atoms. The summed E-state index contributed by atoms with van der Waals surface area (Å²) in [6.45, 7) is 7.25. The molecule has 1 saturated carbocycles. The number of aromatic nitrogens is 1. The summed E-state index contributed by atoms with van der Waals surface area (Å²) in [6.07, 6.45) is 12.2. The van der Waals surface area contributed by atoms with Gasteiger partial charge in [-0.3, -0.25) is 0 Å². The van der Waals surface area contributed by atoms with Gasteiger partial charge in [-0.1, -0.05) is 37.2 Å². The van der Waals surface area contributed by atoms with E-state index in [0.717, 1.165) is 23.4 Å². The highest BCUT2D eigenvalue weighted by Crippen LogP contribution is 2.35. The molecule has 0 amide bonds. The van der Waals surface area contributed by atoms with Crippen molar-refractivity contribution in [2.45, 2.75) is 64.5 Å². The number of para-hydroxylation sites is 1. The Morgan fingerprint density at radius 1 is 1.00 bits per heavy atom. The third-order valence-electron chi connectivity index (χ3n) is 7.16. The molecule has 0 atom stereocenters. The molecule has 1 aromatic heterocycles. The molecule has 0 radical (unpaired) electrons. The van der Waals surface area contributed by atoms with E-state index in [1.165, 1.54) is 62.5 Å². The molecule has 0 unspecified atom stereocenters. The zero-order chi connectivity index (χ0) is 19.5. The topological polar surface area (TPSA) is 29.8 Å². The van der Waals surface area contributed by atoms with Crippen LogP contribution in [0.15, 0.2) is 35.6 Å². The Bertz CT molecular complexity index is 793. The fraction of sp³-hybridized carbons (Fsp3) is 0.625. The fourth-order valence-electron chi connectivity index (χ4n) is 5.41. The first-order valence-electron chi connectivity index (χ1n) is 11.1. The maximum atomic E-state index is 4.91. The summed E-state index contributed by atoms with van der Waals surface area (Å²) in [5, 5.41) is 5.26. The third-order valence-corrected chi connectivity index (χ3v) is 7.16. The van der Waals surface area contributed by atoms with Crippen LogP contribution in [0.3, 0.4) is 0 Å². The van der Waals surface area contributed by atoms with E-state index in [2.05, 4.69) is 58.9 Å². The van der Waals surface area contributed by atoms with Crippen LogP contribution < -0.4 is 0 Å². The van der Waals surface area contributed by atoms with E-state index in [4.69, 9.17) is 4.84 Å². The van der Waals surface area contributed by atoms with Gasteiger partial charge >= 0.3 is 0 Å². The number of hydrogen-bond donors (Lipinski definition) is 0. The second kappa shape index (κ2) is 8.69. The lowest BCUT2D eigenvalue weighted by molar-refractivity contribution is 0.0894. The van der Waals surface area contributed by atoms with Crippen molar-refractivity contribution in [1.82, 2.24) is 9.47 Å². The highest BCUT2D eigenvalue weighted by Gasteiger charge is 2.30. The smallest absolute Gasteiger partial charge is 0.106 e. The molecule has 152 valence electrons. The first-order valence-corrected chi connectivity index (χ1v) is 11.1. The van der Waals surface area contributed by atoms with E-state index in [9.17, 15) is 0 Å². The van der Waals surface area contributed by atoms with E-state index >= 15 is 0 Å². The lowest BCUT2D eigenvalue weighted by Gasteiger charge is -2.42. The van der Waals surface area contributed by atoms with Gasteiger partial charge in [0.25, 0.3) is 0 Å². The number of fused-ring (bicyclic) bond motifs is 1. The second-order valence-corrected chi connectivity index (χ2v) is 9.01. The first kappa shape index (κ1) is 19.5. The van der Waals surface area contributed by atoms with Gasteiger partial charge in [-0.2, -0.15) is 0 Å². The van der Waals surface area contributed by atoms with Crippen molar-refractivity contribution in [2.75, 3.05) is 20.2 Å². The summed E-state index contributed by atoms with van der Waals surface area (Å²) >= 11 is 0. The average Bonchev–Trinajstić information content (AvgIpc) is 3.11. The molecule has 1 aromatic carbocycles. The predicted molar refractivity (Wildman–Crippen MR) is 117 cm³/mol. The van der Waals surface area contributed by atoms with Crippen LogP contribution in [0.5, 0.6) is 0 Å². The molecule has 1 aliphatic heterocycles. The Morgan fingerprint density at radius 3 is 2.39 bits per heavy atom. The molecular weight excluding hydrogens is 346 g/mol. The zero-order valence-electron chi connectivity index (χ0n) is 17.7. The summed E-state index contributed by atoms with van der Waals surface area (Å²) in [4.78, 5) is 7.69. The molecule has 4 heteroatoms. The standard InChI is InChI=1S/C24H35N3O/c1-18(2)19-8-10-21(11-9-19)26-14-12-22(13-15-26)27-17-20(16-25-28-3)23-6-4-5-7-24(23)27/h4-7,16-19,21-22H,8-15H2,1-3H3/t19-,21+. The summed E-state index contributed by atoms with van der Waals surface area (Å²) in [6, 6.07) is 10.1. The van der Waals surface area contributed by atoms with Crippen LogP contribution in [0.1, 0.15) is 64.0 Å². The average molecular weight is 382 g/mol. The van der Waals surface area contributed by atoms with Gasteiger partial charge in [0.2, 0.25) is 0 Å². The largest absolute Gasteiger partial charge is 0.399 e. The van der Waals surface area contributed by atoms with Crippen molar-refractivity contribution >= 4 is 17.1 Å². The van der Waals surface area contributed by atoms with E-state index < -0.39 is 0 Å². The minimum atomic E-state index is 0.581. The van der Waals surface area contributed by atoms with Gasteiger partial charge in [-0.05, 0) is 56.4 Å². The molecule has 2 aliphatic rings. The van der Waals surface area contributed by atoms with Crippen molar-refractivity contribution in [1.29, 1.82) is 0 Å². The highest BCUT2D eigenvalue weighted by atomic mass is 16.6. The predicted octanol–water partition coefficient (Wildman–Crippen LogP) is 5.47. The van der Waals surface area contributed by atoms with Crippen LogP contribution in [0.2, 0.25) is 0 Å². The quantitative estimate of drug-likeness (QED) is 0.507. The fourth-order valence-corrected chi connectivity index (χ4v) is 5.41. The zero-order valence-corrected chi connectivity index (χ0v) is 17.7. The number of nitrogens with zero attached hydrogens (tertiary/aromatic N) is 3. The van der Waals surface area contributed by atoms with Gasteiger partial charge in [0, 0.05) is 47.8 Å². The Balaban J connectivity index is 1.42. The van der Waals surface area contributed by atoms with E-state index in [-0.39, 0.29) is 0 Å². The maximum Gasteiger partial charge on any atom is 0.106 e. The molecular formula is C24H35N3O. The van der Waals surface area contributed by atoms with Crippen LogP contribution in [0.25, 0.3) is 10.9 Å². The molecule has 0 spiro atoms. The van der Waals surface area contributed by atoms with Crippen molar-refractivity contribution < 1.29 is 4.84 Å². The molecule has 1 aliphatic carbocycles. The second-order valence-electron chi connectivity index (χ2n) is 9.01. The molecule has 2 aromatic rings. The Hall–Kier alpha value is -1.81. The first-order chi connectivity index (χ1) is 13.7. The normalized spacial score (nSPS) is 25.1. The lowest BCUT2D eigenvalue weighted by atomic mass is 9.79.